The molecule has 5 nitrogen and oxygen atoms in total. The number of hydrogen-bond acceptors (Lipinski definition) is 5. The lowest BCUT2D eigenvalue weighted by atomic mass is 10.1. The van der Waals surface area contributed by atoms with Gasteiger partial charge >= 0.3 is 0 Å². The number of para-hydroxylation sites is 1. The van der Waals surface area contributed by atoms with Gasteiger partial charge in [-0.1, -0.05) is 42.5 Å². The summed E-state index contributed by atoms with van der Waals surface area (Å²) in [6.45, 7) is 8.00. The maximum absolute atomic E-state index is 5.97. The van der Waals surface area contributed by atoms with Crippen LogP contribution in [-0.2, 0) is 17.8 Å². The van der Waals surface area contributed by atoms with Crippen molar-refractivity contribution in [1.82, 2.24) is 9.80 Å². The van der Waals surface area contributed by atoms with E-state index in [1.807, 2.05) is 48.5 Å². The van der Waals surface area contributed by atoms with E-state index in [4.69, 9.17) is 14.2 Å². The van der Waals surface area contributed by atoms with Crippen molar-refractivity contribution >= 4 is 24.8 Å². The summed E-state index contributed by atoms with van der Waals surface area (Å²) in [6.07, 6.45) is 2.28. The minimum Gasteiger partial charge on any atom is -0.497 e. The molecule has 3 aromatic carbocycles. The first-order chi connectivity index (χ1) is 16.8. The van der Waals surface area contributed by atoms with Crippen LogP contribution < -0.4 is 9.47 Å². The van der Waals surface area contributed by atoms with Crippen molar-refractivity contribution in [2.24, 2.45) is 0 Å². The lowest BCUT2D eigenvalue weighted by Crippen LogP contribution is -2.47. The van der Waals surface area contributed by atoms with Crippen molar-refractivity contribution in [2.45, 2.75) is 19.4 Å². The lowest BCUT2D eigenvalue weighted by molar-refractivity contribution is 0.0682. The van der Waals surface area contributed by atoms with Gasteiger partial charge in [0, 0.05) is 32.7 Å². The molecule has 0 amide bonds. The zero-order chi connectivity index (χ0) is 23.4. The van der Waals surface area contributed by atoms with Crippen molar-refractivity contribution in [1.29, 1.82) is 0 Å². The SMILES string of the molecule is COc1cccc(CCCN2CCN(CCOCc3cccc(Oc4ccccc4)c3)CC2)c1.Cl.Cl. The topological polar surface area (TPSA) is 34.2 Å². The van der Waals surface area contributed by atoms with Gasteiger partial charge in [0.25, 0.3) is 0 Å². The Morgan fingerprint density at radius 2 is 1.28 bits per heavy atom. The molecule has 0 N–H and O–H groups in total. The van der Waals surface area contributed by atoms with E-state index in [0.717, 1.165) is 75.1 Å². The molecule has 196 valence electrons. The highest BCUT2D eigenvalue weighted by atomic mass is 35.5. The van der Waals surface area contributed by atoms with Gasteiger partial charge in [0.15, 0.2) is 0 Å². The van der Waals surface area contributed by atoms with E-state index in [9.17, 15) is 0 Å². The molecule has 7 heteroatoms. The number of benzene rings is 3. The molecule has 36 heavy (non-hydrogen) atoms. The fourth-order valence-corrected chi connectivity index (χ4v) is 4.28. The van der Waals surface area contributed by atoms with Crippen LogP contribution in [0.1, 0.15) is 17.5 Å². The van der Waals surface area contributed by atoms with Gasteiger partial charge in [-0.05, 0) is 66.9 Å². The molecule has 0 saturated carbocycles. The third kappa shape index (κ3) is 10.00. The number of ether oxygens (including phenoxy) is 3. The highest BCUT2D eigenvalue weighted by molar-refractivity contribution is 5.85. The number of piperazine rings is 1. The van der Waals surface area contributed by atoms with Crippen LogP contribution in [0.5, 0.6) is 17.2 Å². The van der Waals surface area contributed by atoms with Crippen molar-refractivity contribution in [3.63, 3.8) is 0 Å². The molecule has 0 aromatic heterocycles. The Labute approximate surface area is 228 Å². The number of methoxy groups -OCH3 is 1. The van der Waals surface area contributed by atoms with E-state index in [0.29, 0.717) is 6.61 Å². The first-order valence-corrected chi connectivity index (χ1v) is 12.3. The molecule has 0 atom stereocenters. The third-order valence-corrected chi connectivity index (χ3v) is 6.24. The van der Waals surface area contributed by atoms with E-state index in [-0.39, 0.29) is 24.8 Å². The Balaban J connectivity index is 0.00000228. The summed E-state index contributed by atoms with van der Waals surface area (Å²) in [5, 5.41) is 0. The van der Waals surface area contributed by atoms with Gasteiger partial charge in [-0.2, -0.15) is 0 Å². The van der Waals surface area contributed by atoms with Crippen LogP contribution in [-0.4, -0.2) is 62.8 Å². The van der Waals surface area contributed by atoms with Crippen LogP contribution in [0, 0.1) is 0 Å². The van der Waals surface area contributed by atoms with Gasteiger partial charge in [0.05, 0.1) is 20.3 Å². The maximum atomic E-state index is 5.97. The lowest BCUT2D eigenvalue weighted by Gasteiger charge is -2.34. The Morgan fingerprint density at radius 3 is 2.00 bits per heavy atom. The highest BCUT2D eigenvalue weighted by Crippen LogP contribution is 2.22. The third-order valence-electron chi connectivity index (χ3n) is 6.24. The summed E-state index contributed by atoms with van der Waals surface area (Å²) in [7, 11) is 1.73. The van der Waals surface area contributed by atoms with Gasteiger partial charge in [-0.3, -0.25) is 4.90 Å². The predicted molar refractivity (Wildman–Crippen MR) is 151 cm³/mol. The van der Waals surface area contributed by atoms with Gasteiger partial charge < -0.3 is 19.1 Å². The van der Waals surface area contributed by atoms with Crippen molar-refractivity contribution < 1.29 is 14.2 Å². The van der Waals surface area contributed by atoms with E-state index in [2.05, 4.69) is 40.1 Å². The van der Waals surface area contributed by atoms with Crippen LogP contribution >= 0.6 is 24.8 Å². The molecule has 3 aromatic rings. The number of aryl methyl sites for hydroxylation is 1. The zero-order valence-electron chi connectivity index (χ0n) is 21.0. The average Bonchev–Trinajstić information content (AvgIpc) is 2.88. The second-order valence-electron chi connectivity index (χ2n) is 8.75. The van der Waals surface area contributed by atoms with Gasteiger partial charge in [-0.15, -0.1) is 24.8 Å². The smallest absolute Gasteiger partial charge is 0.127 e. The molecule has 0 spiro atoms. The molecular weight excluding hydrogens is 495 g/mol. The van der Waals surface area contributed by atoms with Crippen molar-refractivity contribution in [3.8, 4) is 17.2 Å². The van der Waals surface area contributed by atoms with E-state index in [1.54, 1.807) is 7.11 Å². The quantitative estimate of drug-likeness (QED) is 0.263. The minimum absolute atomic E-state index is 0. The van der Waals surface area contributed by atoms with Gasteiger partial charge in [0.2, 0.25) is 0 Å². The second-order valence-corrected chi connectivity index (χ2v) is 8.75. The second kappa shape index (κ2) is 16.5. The molecule has 1 fully saturated rings. The summed E-state index contributed by atoms with van der Waals surface area (Å²) >= 11 is 0. The molecular formula is C29H38Cl2N2O3. The maximum Gasteiger partial charge on any atom is 0.127 e. The monoisotopic (exact) mass is 532 g/mol. The fraction of sp³-hybridized carbons (Fsp3) is 0.379. The molecule has 1 saturated heterocycles. The minimum atomic E-state index is 0. The highest BCUT2D eigenvalue weighted by Gasteiger charge is 2.16. The molecule has 0 aliphatic carbocycles. The van der Waals surface area contributed by atoms with Crippen molar-refractivity contribution in [2.75, 3.05) is 53.0 Å². The summed E-state index contributed by atoms with van der Waals surface area (Å²) < 4.78 is 17.2. The molecule has 1 heterocycles. The zero-order valence-corrected chi connectivity index (χ0v) is 22.6. The largest absolute Gasteiger partial charge is 0.497 e. The molecule has 0 unspecified atom stereocenters. The Bertz CT molecular complexity index is 999. The average molecular weight is 534 g/mol. The Kier molecular flexibility index (Phi) is 13.7. The van der Waals surface area contributed by atoms with Crippen LogP contribution in [0.25, 0.3) is 0 Å². The first-order valence-electron chi connectivity index (χ1n) is 12.3. The molecule has 0 radical (unpaired) electrons. The molecule has 1 aliphatic heterocycles. The summed E-state index contributed by atoms with van der Waals surface area (Å²) in [4.78, 5) is 5.09. The molecule has 4 rings (SSSR count). The molecule has 0 bridgehead atoms. The first kappa shape index (κ1) is 29.9. The van der Waals surface area contributed by atoms with Crippen LogP contribution in [0.15, 0.2) is 78.9 Å². The number of nitrogens with zero attached hydrogens (tertiary/aromatic N) is 2. The fourth-order valence-electron chi connectivity index (χ4n) is 4.28. The van der Waals surface area contributed by atoms with Gasteiger partial charge in [0.1, 0.15) is 17.2 Å². The number of halogens is 2. The summed E-state index contributed by atoms with van der Waals surface area (Å²) in [5.74, 6) is 2.64. The summed E-state index contributed by atoms with van der Waals surface area (Å²) in [5.41, 5.74) is 2.49. The van der Waals surface area contributed by atoms with E-state index in [1.165, 1.54) is 12.0 Å². The Morgan fingerprint density at radius 1 is 0.667 bits per heavy atom. The van der Waals surface area contributed by atoms with Crippen LogP contribution in [0.3, 0.4) is 0 Å². The number of hydrogen-bond donors (Lipinski definition) is 0. The van der Waals surface area contributed by atoms with Crippen LogP contribution in [0.2, 0.25) is 0 Å². The van der Waals surface area contributed by atoms with Gasteiger partial charge in [-0.25, -0.2) is 0 Å². The normalized spacial score (nSPS) is 13.9. The molecule has 1 aliphatic rings. The summed E-state index contributed by atoms with van der Waals surface area (Å²) in [6, 6.07) is 26.4. The van der Waals surface area contributed by atoms with E-state index < -0.39 is 0 Å². The van der Waals surface area contributed by atoms with Crippen molar-refractivity contribution in [3.05, 3.63) is 90.0 Å². The van der Waals surface area contributed by atoms with E-state index >= 15 is 0 Å². The van der Waals surface area contributed by atoms with Crippen LogP contribution in [0.4, 0.5) is 0 Å². The standard InChI is InChI=1S/C29H36N2O3.2ClH/c1-32-28-13-5-8-25(22-28)10-7-15-30-16-18-31(19-17-30)20-21-33-24-26-9-6-14-29(23-26)34-27-11-3-2-4-12-27;;/h2-6,8-9,11-14,22-23H,7,10,15-21,24H2,1H3;2*1H. The predicted octanol–water partition coefficient (Wildman–Crippen LogP) is 6.10. The number of rotatable bonds is 12. The Hall–Kier alpha value is -2.28.